The predicted octanol–water partition coefficient (Wildman–Crippen LogP) is 4.71. The molecule has 0 spiro atoms. The number of anilines is 1. The molecule has 0 aromatic heterocycles. The minimum Gasteiger partial charge on any atom is -0.304 e. The van der Waals surface area contributed by atoms with Crippen LogP contribution in [0.5, 0.6) is 0 Å². The molecule has 1 amide bonds. The van der Waals surface area contributed by atoms with E-state index in [1.165, 1.54) is 10.9 Å². The largest absolute Gasteiger partial charge is 0.304 e. The minimum absolute atomic E-state index is 0.138. The van der Waals surface area contributed by atoms with Gasteiger partial charge in [0.2, 0.25) is 5.91 Å². The molecule has 108 valence electrons. The van der Waals surface area contributed by atoms with Crippen molar-refractivity contribution in [3.63, 3.8) is 0 Å². The molecule has 1 unspecified atom stereocenters. The molecule has 1 atom stereocenters. The number of benzene rings is 3. The van der Waals surface area contributed by atoms with E-state index in [0.717, 1.165) is 17.5 Å². The maximum atomic E-state index is 12.5. The Bertz CT molecular complexity index is 820. The van der Waals surface area contributed by atoms with E-state index in [0.29, 0.717) is 6.42 Å². The van der Waals surface area contributed by atoms with Crippen LogP contribution in [0.2, 0.25) is 0 Å². The average molecular weight is 287 g/mol. The van der Waals surface area contributed by atoms with Gasteiger partial charge in [0.05, 0.1) is 11.7 Å². The lowest BCUT2D eigenvalue weighted by atomic mass is 10.0. The van der Waals surface area contributed by atoms with Gasteiger partial charge in [-0.1, -0.05) is 66.7 Å². The third kappa shape index (κ3) is 2.08. The van der Waals surface area contributed by atoms with E-state index in [9.17, 15) is 4.79 Å². The van der Waals surface area contributed by atoms with Crippen molar-refractivity contribution in [3.05, 3.63) is 78.4 Å². The molecule has 2 heteroatoms. The Morgan fingerprint density at radius 1 is 0.818 bits per heavy atom. The van der Waals surface area contributed by atoms with Crippen molar-refractivity contribution >= 4 is 22.4 Å². The summed E-state index contributed by atoms with van der Waals surface area (Å²) in [5.41, 5.74) is 2.23. The average Bonchev–Trinajstić information content (AvgIpc) is 2.96. The van der Waals surface area contributed by atoms with E-state index in [2.05, 4.69) is 36.4 Å². The summed E-state index contributed by atoms with van der Waals surface area (Å²) in [6.45, 7) is 0. The molecule has 1 saturated heterocycles. The van der Waals surface area contributed by atoms with E-state index >= 15 is 0 Å². The normalized spacial score (nSPS) is 18.1. The molecule has 4 rings (SSSR count). The van der Waals surface area contributed by atoms with Crippen LogP contribution >= 0.6 is 0 Å². The lowest BCUT2D eigenvalue weighted by molar-refractivity contribution is -0.117. The first-order valence-electron chi connectivity index (χ1n) is 7.69. The van der Waals surface area contributed by atoms with Crippen LogP contribution in [0, 0.1) is 0 Å². The van der Waals surface area contributed by atoms with Gasteiger partial charge in [-0.2, -0.15) is 0 Å². The summed E-state index contributed by atoms with van der Waals surface area (Å²) in [5, 5.41) is 2.31. The van der Waals surface area contributed by atoms with Crippen LogP contribution in [-0.4, -0.2) is 5.91 Å². The van der Waals surface area contributed by atoms with Gasteiger partial charge in [0.25, 0.3) is 0 Å². The summed E-state index contributed by atoms with van der Waals surface area (Å²) < 4.78 is 0. The molecule has 0 saturated carbocycles. The molecular weight excluding hydrogens is 270 g/mol. The van der Waals surface area contributed by atoms with E-state index in [4.69, 9.17) is 0 Å². The number of amides is 1. The standard InChI is InChI=1S/C20H17NO/c22-20-14-13-18(16-8-2-1-3-9-16)21(20)19-12-6-10-15-7-4-5-11-17(15)19/h1-12,18H,13-14H2. The fraction of sp³-hybridized carbons (Fsp3) is 0.150. The maximum absolute atomic E-state index is 12.5. The van der Waals surface area contributed by atoms with Crippen molar-refractivity contribution in [2.45, 2.75) is 18.9 Å². The number of carbonyl (C=O) groups excluding carboxylic acids is 1. The Hall–Kier alpha value is -2.61. The van der Waals surface area contributed by atoms with Crippen molar-refractivity contribution in [2.24, 2.45) is 0 Å². The Morgan fingerprint density at radius 2 is 1.55 bits per heavy atom. The van der Waals surface area contributed by atoms with Gasteiger partial charge in [-0.3, -0.25) is 4.79 Å². The van der Waals surface area contributed by atoms with Gasteiger partial charge in [-0.15, -0.1) is 0 Å². The van der Waals surface area contributed by atoms with Gasteiger partial charge in [0.1, 0.15) is 0 Å². The third-order valence-electron chi connectivity index (χ3n) is 4.42. The first-order valence-corrected chi connectivity index (χ1v) is 7.69. The molecule has 1 aliphatic rings. The van der Waals surface area contributed by atoms with E-state index in [-0.39, 0.29) is 11.9 Å². The zero-order valence-electron chi connectivity index (χ0n) is 12.3. The summed E-state index contributed by atoms with van der Waals surface area (Å²) in [5.74, 6) is 0.213. The monoisotopic (exact) mass is 287 g/mol. The Morgan fingerprint density at radius 3 is 2.41 bits per heavy atom. The highest BCUT2D eigenvalue weighted by Gasteiger charge is 2.33. The van der Waals surface area contributed by atoms with Gasteiger partial charge in [-0.05, 0) is 23.4 Å². The minimum atomic E-state index is 0.138. The van der Waals surface area contributed by atoms with Crippen LogP contribution in [0.25, 0.3) is 10.8 Å². The van der Waals surface area contributed by atoms with Crippen molar-refractivity contribution in [1.29, 1.82) is 0 Å². The van der Waals surface area contributed by atoms with Crippen molar-refractivity contribution in [3.8, 4) is 0 Å². The molecule has 1 heterocycles. The maximum Gasteiger partial charge on any atom is 0.227 e. The zero-order chi connectivity index (χ0) is 14.9. The van der Waals surface area contributed by atoms with Crippen LogP contribution in [0.3, 0.4) is 0 Å². The molecule has 0 bridgehead atoms. The second-order valence-corrected chi connectivity index (χ2v) is 5.73. The first-order chi connectivity index (χ1) is 10.8. The lowest BCUT2D eigenvalue weighted by Crippen LogP contribution is -2.27. The second kappa shape index (κ2) is 5.30. The molecule has 0 aliphatic carbocycles. The second-order valence-electron chi connectivity index (χ2n) is 5.73. The van der Waals surface area contributed by atoms with Crippen LogP contribution in [0.1, 0.15) is 24.4 Å². The van der Waals surface area contributed by atoms with E-state index in [1.54, 1.807) is 0 Å². The highest BCUT2D eigenvalue weighted by Crippen LogP contribution is 2.39. The smallest absolute Gasteiger partial charge is 0.227 e. The van der Waals surface area contributed by atoms with Gasteiger partial charge < -0.3 is 4.90 Å². The Labute approximate surface area is 130 Å². The number of hydrogen-bond donors (Lipinski definition) is 0. The summed E-state index contributed by atoms with van der Waals surface area (Å²) >= 11 is 0. The quantitative estimate of drug-likeness (QED) is 0.668. The predicted molar refractivity (Wildman–Crippen MR) is 89.9 cm³/mol. The van der Waals surface area contributed by atoms with E-state index < -0.39 is 0 Å². The van der Waals surface area contributed by atoms with Gasteiger partial charge in [0.15, 0.2) is 0 Å². The summed E-state index contributed by atoms with van der Waals surface area (Å²) in [7, 11) is 0. The first kappa shape index (κ1) is 13.1. The molecule has 2 nitrogen and oxygen atoms in total. The molecule has 0 radical (unpaired) electrons. The van der Waals surface area contributed by atoms with Crippen LogP contribution in [0.15, 0.2) is 72.8 Å². The highest BCUT2D eigenvalue weighted by atomic mass is 16.2. The molecule has 3 aromatic rings. The highest BCUT2D eigenvalue weighted by molar-refractivity contribution is 6.05. The number of carbonyl (C=O) groups is 1. The number of nitrogens with zero attached hydrogens (tertiary/aromatic N) is 1. The molecule has 1 aliphatic heterocycles. The molecule has 22 heavy (non-hydrogen) atoms. The van der Waals surface area contributed by atoms with Crippen molar-refractivity contribution < 1.29 is 4.79 Å². The summed E-state index contributed by atoms with van der Waals surface area (Å²) in [6, 6.07) is 24.9. The zero-order valence-corrected chi connectivity index (χ0v) is 12.3. The fourth-order valence-electron chi connectivity index (χ4n) is 3.40. The number of rotatable bonds is 2. The number of fused-ring (bicyclic) bond motifs is 1. The lowest BCUT2D eigenvalue weighted by Gasteiger charge is -2.26. The van der Waals surface area contributed by atoms with Crippen LogP contribution in [0.4, 0.5) is 5.69 Å². The molecular formula is C20H17NO. The Kier molecular flexibility index (Phi) is 3.15. The van der Waals surface area contributed by atoms with Gasteiger partial charge in [0, 0.05) is 11.8 Å². The number of hydrogen-bond acceptors (Lipinski definition) is 1. The van der Waals surface area contributed by atoms with Gasteiger partial charge >= 0.3 is 0 Å². The van der Waals surface area contributed by atoms with Gasteiger partial charge in [-0.25, -0.2) is 0 Å². The summed E-state index contributed by atoms with van der Waals surface area (Å²) in [4.78, 5) is 14.5. The van der Waals surface area contributed by atoms with Crippen molar-refractivity contribution in [2.75, 3.05) is 4.90 Å². The molecule has 3 aromatic carbocycles. The summed E-state index contributed by atoms with van der Waals surface area (Å²) in [6.07, 6.45) is 1.49. The Balaban J connectivity index is 1.86. The molecule has 0 N–H and O–H groups in total. The van der Waals surface area contributed by atoms with E-state index in [1.807, 2.05) is 41.3 Å². The van der Waals surface area contributed by atoms with Crippen molar-refractivity contribution in [1.82, 2.24) is 0 Å². The van der Waals surface area contributed by atoms with Crippen LogP contribution in [-0.2, 0) is 4.79 Å². The topological polar surface area (TPSA) is 20.3 Å². The van der Waals surface area contributed by atoms with Crippen LogP contribution < -0.4 is 4.90 Å². The third-order valence-corrected chi connectivity index (χ3v) is 4.42. The SMILES string of the molecule is O=C1CCC(c2ccccc2)N1c1cccc2ccccc12. The molecule has 1 fully saturated rings. The fourth-order valence-corrected chi connectivity index (χ4v) is 3.40.